The van der Waals surface area contributed by atoms with Gasteiger partial charge in [0.15, 0.2) is 0 Å². The van der Waals surface area contributed by atoms with Crippen molar-refractivity contribution in [3.63, 3.8) is 0 Å². The summed E-state index contributed by atoms with van der Waals surface area (Å²) in [5.74, 6) is -3.52. The Bertz CT molecular complexity index is 354. The summed E-state index contributed by atoms with van der Waals surface area (Å²) in [5.41, 5.74) is 0. The molecule has 102 valence electrons. The average molecular weight is 260 g/mol. The Balaban J connectivity index is 4.11. The predicted molar refractivity (Wildman–Crippen MR) is 59.7 cm³/mol. The highest BCUT2D eigenvalue weighted by atomic mass is 16.4. The molecule has 0 heterocycles. The summed E-state index contributed by atoms with van der Waals surface area (Å²) in [6.07, 6.45) is -0.562. The molecule has 4 N–H and O–H groups in total. The van der Waals surface area contributed by atoms with E-state index in [1.165, 1.54) is 13.8 Å². The quantitative estimate of drug-likeness (QED) is 0.461. The van der Waals surface area contributed by atoms with Crippen LogP contribution < -0.4 is 10.6 Å². The van der Waals surface area contributed by atoms with E-state index in [1.54, 1.807) is 0 Å². The fraction of sp³-hybridized carbons (Fsp3) is 0.600. The van der Waals surface area contributed by atoms with Crippen LogP contribution in [0.4, 0.5) is 0 Å². The summed E-state index contributed by atoms with van der Waals surface area (Å²) in [5, 5.41) is 21.4. The van der Waals surface area contributed by atoms with E-state index in [-0.39, 0.29) is 12.8 Å². The van der Waals surface area contributed by atoms with Crippen LogP contribution in [0, 0.1) is 0 Å². The van der Waals surface area contributed by atoms with Crippen molar-refractivity contribution in [3.8, 4) is 0 Å². The molecule has 8 heteroatoms. The Morgan fingerprint density at radius 2 is 1.50 bits per heavy atom. The van der Waals surface area contributed by atoms with Crippen molar-refractivity contribution in [2.45, 2.75) is 38.8 Å². The van der Waals surface area contributed by atoms with Gasteiger partial charge in [-0.25, -0.2) is 0 Å². The number of carbonyl (C=O) groups excluding carboxylic acids is 2. The normalized spacial score (nSPS) is 13.2. The third kappa shape index (κ3) is 6.46. The lowest BCUT2D eigenvalue weighted by atomic mass is 10.2. The number of amides is 2. The molecular formula is C10H16N2O6. The van der Waals surface area contributed by atoms with Crippen molar-refractivity contribution in [1.29, 1.82) is 0 Å². The van der Waals surface area contributed by atoms with Gasteiger partial charge in [0.2, 0.25) is 11.8 Å². The standard InChI is InChI=1S/C10H16N2O6/c1-5(9(16)12-6(2)10(17)18)11-7(13)3-4-8(14)15/h5-6H,3-4H2,1-2H3,(H,11,13)(H,12,16)(H,14,15)(H,17,18)/t5-,6-/m1/s1. The van der Waals surface area contributed by atoms with Crippen LogP contribution in [-0.4, -0.2) is 46.0 Å². The fourth-order valence-electron chi connectivity index (χ4n) is 1.000. The van der Waals surface area contributed by atoms with E-state index >= 15 is 0 Å². The summed E-state index contributed by atoms with van der Waals surface area (Å²) in [7, 11) is 0. The summed E-state index contributed by atoms with van der Waals surface area (Å²) in [6.45, 7) is 2.67. The van der Waals surface area contributed by atoms with E-state index < -0.39 is 35.8 Å². The van der Waals surface area contributed by atoms with Crippen molar-refractivity contribution in [3.05, 3.63) is 0 Å². The summed E-state index contributed by atoms with van der Waals surface area (Å²) < 4.78 is 0. The van der Waals surface area contributed by atoms with E-state index in [4.69, 9.17) is 10.2 Å². The summed E-state index contributed by atoms with van der Waals surface area (Å²) >= 11 is 0. The number of hydrogen-bond acceptors (Lipinski definition) is 4. The minimum Gasteiger partial charge on any atom is -0.481 e. The van der Waals surface area contributed by atoms with Gasteiger partial charge in [0.1, 0.15) is 12.1 Å². The van der Waals surface area contributed by atoms with Gasteiger partial charge in [-0.15, -0.1) is 0 Å². The molecule has 0 aromatic rings. The Hall–Kier alpha value is -2.12. The van der Waals surface area contributed by atoms with Crippen molar-refractivity contribution >= 4 is 23.8 Å². The van der Waals surface area contributed by atoms with E-state index in [0.717, 1.165) is 0 Å². The van der Waals surface area contributed by atoms with Gasteiger partial charge in [0.25, 0.3) is 0 Å². The summed E-state index contributed by atoms with van der Waals surface area (Å²) in [4.78, 5) is 43.3. The topological polar surface area (TPSA) is 133 Å². The predicted octanol–water partition coefficient (Wildman–Crippen LogP) is -1.05. The Morgan fingerprint density at radius 3 is 1.94 bits per heavy atom. The second kappa shape index (κ2) is 7.25. The second-order valence-electron chi connectivity index (χ2n) is 3.75. The molecular weight excluding hydrogens is 244 g/mol. The maximum Gasteiger partial charge on any atom is 0.325 e. The molecule has 0 saturated carbocycles. The first-order valence-corrected chi connectivity index (χ1v) is 5.28. The van der Waals surface area contributed by atoms with E-state index in [2.05, 4.69) is 10.6 Å². The molecule has 0 aromatic carbocycles. The van der Waals surface area contributed by atoms with Crippen molar-refractivity contribution in [2.24, 2.45) is 0 Å². The zero-order valence-corrected chi connectivity index (χ0v) is 10.1. The second-order valence-corrected chi connectivity index (χ2v) is 3.75. The number of rotatable bonds is 7. The molecule has 0 radical (unpaired) electrons. The first-order chi connectivity index (χ1) is 8.23. The van der Waals surface area contributed by atoms with Crippen LogP contribution in [0.5, 0.6) is 0 Å². The van der Waals surface area contributed by atoms with E-state index in [1.807, 2.05) is 0 Å². The molecule has 0 aliphatic heterocycles. The molecule has 0 unspecified atom stereocenters. The van der Waals surface area contributed by atoms with Crippen LogP contribution in [0.25, 0.3) is 0 Å². The van der Waals surface area contributed by atoms with Gasteiger partial charge in [0.05, 0.1) is 6.42 Å². The smallest absolute Gasteiger partial charge is 0.325 e. The minimum atomic E-state index is -1.19. The van der Waals surface area contributed by atoms with Crippen molar-refractivity contribution in [2.75, 3.05) is 0 Å². The van der Waals surface area contributed by atoms with Crippen LogP contribution in [0.3, 0.4) is 0 Å². The first-order valence-electron chi connectivity index (χ1n) is 5.28. The zero-order chi connectivity index (χ0) is 14.3. The molecule has 0 aromatic heterocycles. The largest absolute Gasteiger partial charge is 0.481 e. The zero-order valence-electron chi connectivity index (χ0n) is 10.1. The van der Waals surface area contributed by atoms with Crippen molar-refractivity contribution in [1.82, 2.24) is 10.6 Å². The van der Waals surface area contributed by atoms with Gasteiger partial charge in [-0.05, 0) is 13.8 Å². The molecule has 0 aliphatic carbocycles. The Labute approximate surface area is 103 Å². The fourth-order valence-corrected chi connectivity index (χ4v) is 1.000. The number of carboxylic acid groups (broad SMARTS) is 2. The van der Waals surface area contributed by atoms with Crippen molar-refractivity contribution < 1.29 is 29.4 Å². The van der Waals surface area contributed by atoms with Crippen LogP contribution in [0.15, 0.2) is 0 Å². The molecule has 0 saturated heterocycles. The average Bonchev–Trinajstić information content (AvgIpc) is 2.25. The first kappa shape index (κ1) is 15.9. The third-order valence-electron chi connectivity index (χ3n) is 2.07. The Kier molecular flexibility index (Phi) is 6.40. The molecule has 2 atom stereocenters. The lowest BCUT2D eigenvalue weighted by Gasteiger charge is -2.15. The lowest BCUT2D eigenvalue weighted by molar-refractivity contribution is -0.142. The number of aliphatic carboxylic acids is 2. The molecule has 0 spiro atoms. The highest BCUT2D eigenvalue weighted by Gasteiger charge is 2.20. The number of hydrogen-bond donors (Lipinski definition) is 4. The summed E-state index contributed by atoms with van der Waals surface area (Å²) in [6, 6.07) is -1.98. The van der Waals surface area contributed by atoms with Gasteiger partial charge in [-0.2, -0.15) is 0 Å². The SMILES string of the molecule is C[C@@H](NC(=O)[C@@H](C)NC(=O)CCC(=O)O)C(=O)O. The molecule has 0 aliphatic rings. The van der Waals surface area contributed by atoms with Gasteiger partial charge in [0, 0.05) is 6.42 Å². The van der Waals surface area contributed by atoms with E-state index in [0.29, 0.717) is 0 Å². The minimum absolute atomic E-state index is 0.235. The maximum absolute atomic E-state index is 11.4. The highest BCUT2D eigenvalue weighted by molar-refractivity contribution is 5.90. The van der Waals surface area contributed by atoms with Gasteiger partial charge in [-0.1, -0.05) is 0 Å². The third-order valence-corrected chi connectivity index (χ3v) is 2.07. The Morgan fingerprint density at radius 1 is 0.944 bits per heavy atom. The number of carboxylic acids is 2. The van der Waals surface area contributed by atoms with Gasteiger partial charge >= 0.3 is 11.9 Å². The van der Waals surface area contributed by atoms with Crippen LogP contribution >= 0.6 is 0 Å². The molecule has 0 rings (SSSR count). The van der Waals surface area contributed by atoms with Gasteiger partial charge < -0.3 is 20.8 Å². The monoisotopic (exact) mass is 260 g/mol. The van der Waals surface area contributed by atoms with Gasteiger partial charge in [-0.3, -0.25) is 19.2 Å². The molecule has 2 amide bonds. The molecule has 8 nitrogen and oxygen atoms in total. The van der Waals surface area contributed by atoms with Crippen LogP contribution in [-0.2, 0) is 19.2 Å². The van der Waals surface area contributed by atoms with E-state index in [9.17, 15) is 19.2 Å². The molecule has 18 heavy (non-hydrogen) atoms. The van der Waals surface area contributed by atoms with Crippen LogP contribution in [0.2, 0.25) is 0 Å². The number of nitrogens with one attached hydrogen (secondary N) is 2. The molecule has 0 bridgehead atoms. The van der Waals surface area contributed by atoms with Crippen LogP contribution in [0.1, 0.15) is 26.7 Å². The maximum atomic E-state index is 11.4. The molecule has 0 fully saturated rings. The highest BCUT2D eigenvalue weighted by Crippen LogP contribution is 1.92. The lowest BCUT2D eigenvalue weighted by Crippen LogP contribution is -2.49. The number of carbonyl (C=O) groups is 4.